The van der Waals surface area contributed by atoms with Crippen LogP contribution in [-0.2, 0) is 24.4 Å². The number of fused-ring (bicyclic) bond motifs is 1. The number of hydrogen-bond acceptors (Lipinski definition) is 3. The zero-order chi connectivity index (χ0) is 18.7. The Labute approximate surface area is 168 Å². The van der Waals surface area contributed by atoms with Gasteiger partial charge in [-0.05, 0) is 59.7 Å². The van der Waals surface area contributed by atoms with Gasteiger partial charge in [-0.15, -0.1) is 12.4 Å². The molecule has 0 aliphatic carbocycles. The lowest BCUT2D eigenvalue weighted by Gasteiger charge is -2.17. The number of carbonyl (C=O) groups is 1. The van der Waals surface area contributed by atoms with E-state index in [0.29, 0.717) is 12.5 Å². The lowest BCUT2D eigenvalue weighted by atomic mass is 9.98. The van der Waals surface area contributed by atoms with Crippen molar-refractivity contribution in [1.29, 1.82) is 0 Å². The Kier molecular flexibility index (Phi) is 7.28. The fraction of sp³-hybridized carbons (Fsp3) is 0.409. The van der Waals surface area contributed by atoms with Crippen molar-refractivity contribution in [3.8, 4) is 5.75 Å². The highest BCUT2D eigenvalue weighted by Gasteiger charge is 2.16. The first-order valence-corrected chi connectivity index (χ1v) is 9.30. The number of halogens is 1. The largest absolute Gasteiger partial charge is 0.481 e. The third kappa shape index (κ3) is 5.24. The normalized spacial score (nSPS) is 13.7. The predicted octanol–water partition coefficient (Wildman–Crippen LogP) is 4.23. The van der Waals surface area contributed by atoms with Gasteiger partial charge in [0.25, 0.3) is 5.91 Å². The summed E-state index contributed by atoms with van der Waals surface area (Å²) in [5, 5.41) is 6.30. The zero-order valence-electron chi connectivity index (χ0n) is 16.5. The number of amides is 1. The van der Waals surface area contributed by atoms with E-state index in [9.17, 15) is 4.79 Å². The minimum Gasteiger partial charge on any atom is -0.481 e. The minimum atomic E-state index is -0.532. The maximum Gasteiger partial charge on any atom is 0.261 e. The molecular weight excluding hydrogens is 360 g/mol. The van der Waals surface area contributed by atoms with Gasteiger partial charge in [0.15, 0.2) is 6.10 Å². The van der Waals surface area contributed by atoms with E-state index < -0.39 is 6.10 Å². The van der Waals surface area contributed by atoms with Gasteiger partial charge in [-0.25, -0.2) is 0 Å². The number of nitrogens with one attached hydrogen (secondary N) is 2. The van der Waals surface area contributed by atoms with Gasteiger partial charge < -0.3 is 15.4 Å². The van der Waals surface area contributed by atoms with Crippen molar-refractivity contribution in [2.75, 3.05) is 0 Å². The molecule has 4 nitrogen and oxygen atoms in total. The molecule has 1 amide bonds. The molecule has 1 aliphatic rings. The summed E-state index contributed by atoms with van der Waals surface area (Å²) in [5.74, 6) is 1.11. The Morgan fingerprint density at radius 1 is 1.11 bits per heavy atom. The van der Waals surface area contributed by atoms with Crippen LogP contribution >= 0.6 is 12.4 Å². The van der Waals surface area contributed by atoms with Crippen molar-refractivity contribution in [2.45, 2.75) is 59.4 Å². The van der Waals surface area contributed by atoms with Crippen LogP contribution in [0.1, 0.15) is 54.5 Å². The fourth-order valence-corrected chi connectivity index (χ4v) is 3.42. The molecule has 5 heteroatoms. The van der Waals surface area contributed by atoms with Gasteiger partial charge in [0.1, 0.15) is 5.75 Å². The van der Waals surface area contributed by atoms with E-state index in [-0.39, 0.29) is 18.3 Å². The van der Waals surface area contributed by atoms with Gasteiger partial charge in [0.2, 0.25) is 0 Å². The topological polar surface area (TPSA) is 50.4 Å². The molecule has 0 bridgehead atoms. The Bertz CT molecular complexity index is 805. The smallest absolute Gasteiger partial charge is 0.261 e. The van der Waals surface area contributed by atoms with Crippen molar-refractivity contribution < 1.29 is 9.53 Å². The van der Waals surface area contributed by atoms with E-state index >= 15 is 0 Å². The molecule has 0 spiro atoms. The number of aryl methyl sites for hydroxylation is 1. The Morgan fingerprint density at radius 3 is 2.56 bits per heavy atom. The molecule has 2 N–H and O–H groups in total. The van der Waals surface area contributed by atoms with Gasteiger partial charge in [0, 0.05) is 19.6 Å². The highest BCUT2D eigenvalue weighted by Crippen LogP contribution is 2.24. The van der Waals surface area contributed by atoms with E-state index in [1.54, 1.807) is 6.92 Å². The van der Waals surface area contributed by atoms with Crippen LogP contribution in [0, 0.1) is 6.92 Å². The molecule has 1 unspecified atom stereocenters. The molecule has 0 radical (unpaired) electrons. The summed E-state index contributed by atoms with van der Waals surface area (Å²) in [6.45, 7) is 10.6. The zero-order valence-corrected chi connectivity index (χ0v) is 17.3. The third-order valence-electron chi connectivity index (χ3n) is 4.91. The summed E-state index contributed by atoms with van der Waals surface area (Å²) in [6, 6.07) is 12.4. The summed E-state index contributed by atoms with van der Waals surface area (Å²) in [5.41, 5.74) is 6.28. The van der Waals surface area contributed by atoms with Gasteiger partial charge >= 0.3 is 0 Å². The average molecular weight is 389 g/mol. The van der Waals surface area contributed by atoms with Crippen LogP contribution in [0.25, 0.3) is 0 Å². The highest BCUT2D eigenvalue weighted by atomic mass is 35.5. The second-order valence-electron chi connectivity index (χ2n) is 7.36. The molecule has 1 aliphatic heterocycles. The summed E-state index contributed by atoms with van der Waals surface area (Å²) in [6.07, 6.45) is -0.532. The summed E-state index contributed by atoms with van der Waals surface area (Å²) < 4.78 is 5.83. The van der Waals surface area contributed by atoms with Crippen LogP contribution in [0.15, 0.2) is 36.4 Å². The number of rotatable bonds is 6. The van der Waals surface area contributed by atoms with Gasteiger partial charge in [0.05, 0.1) is 0 Å². The summed E-state index contributed by atoms with van der Waals surface area (Å²) >= 11 is 0. The van der Waals surface area contributed by atoms with Crippen LogP contribution in [0.3, 0.4) is 0 Å². The maximum atomic E-state index is 12.4. The number of carbonyl (C=O) groups excluding carboxylic acids is 1. The summed E-state index contributed by atoms with van der Waals surface area (Å²) in [7, 11) is 0. The molecule has 2 aromatic rings. The third-order valence-corrected chi connectivity index (χ3v) is 4.91. The van der Waals surface area contributed by atoms with Crippen LogP contribution in [0.2, 0.25) is 0 Å². The molecule has 3 rings (SSSR count). The molecule has 1 atom stereocenters. The molecule has 27 heavy (non-hydrogen) atoms. The molecule has 0 aromatic heterocycles. The Balaban J connectivity index is 0.00000261. The van der Waals surface area contributed by atoms with Crippen molar-refractivity contribution in [3.63, 3.8) is 0 Å². The van der Waals surface area contributed by atoms with Crippen LogP contribution < -0.4 is 15.4 Å². The SMILES string of the molecule is Cc1cc(OC(C)C(=O)NCc2ccc3c(c2)CNC3)ccc1C(C)C.Cl. The molecule has 146 valence electrons. The number of ether oxygens (including phenoxy) is 1. The lowest BCUT2D eigenvalue weighted by Crippen LogP contribution is -2.35. The first-order valence-electron chi connectivity index (χ1n) is 9.30. The van der Waals surface area contributed by atoms with Crippen LogP contribution in [0.5, 0.6) is 5.75 Å². The first-order chi connectivity index (χ1) is 12.4. The molecule has 2 aromatic carbocycles. The molecule has 0 saturated carbocycles. The second kappa shape index (κ2) is 9.25. The van der Waals surface area contributed by atoms with Gasteiger partial charge in [-0.3, -0.25) is 4.79 Å². The average Bonchev–Trinajstić information content (AvgIpc) is 3.07. The quantitative estimate of drug-likeness (QED) is 0.778. The molecule has 1 heterocycles. The van der Waals surface area contributed by atoms with E-state index in [4.69, 9.17) is 4.74 Å². The van der Waals surface area contributed by atoms with Crippen molar-refractivity contribution >= 4 is 18.3 Å². The van der Waals surface area contributed by atoms with Gasteiger partial charge in [-0.2, -0.15) is 0 Å². The maximum absolute atomic E-state index is 12.4. The monoisotopic (exact) mass is 388 g/mol. The van der Waals surface area contributed by atoms with E-state index in [1.807, 2.05) is 12.1 Å². The standard InChI is InChI=1S/C22H28N2O2.ClH/c1-14(2)21-8-7-20(9-15(21)3)26-16(4)22(25)24-11-17-5-6-18-12-23-13-19(18)10-17;/h5-10,14,16,23H,11-13H2,1-4H3,(H,24,25);1H. The van der Waals surface area contributed by atoms with Crippen molar-refractivity contribution in [2.24, 2.45) is 0 Å². The lowest BCUT2D eigenvalue weighted by molar-refractivity contribution is -0.127. The Morgan fingerprint density at radius 2 is 1.85 bits per heavy atom. The van der Waals surface area contributed by atoms with E-state index in [1.165, 1.54) is 22.3 Å². The van der Waals surface area contributed by atoms with Crippen LogP contribution in [0.4, 0.5) is 0 Å². The minimum absolute atomic E-state index is 0. The Hall–Kier alpha value is -2.04. The van der Waals surface area contributed by atoms with Crippen molar-refractivity contribution in [1.82, 2.24) is 10.6 Å². The summed E-state index contributed by atoms with van der Waals surface area (Å²) in [4.78, 5) is 12.4. The van der Waals surface area contributed by atoms with Gasteiger partial charge in [-0.1, -0.05) is 38.1 Å². The fourth-order valence-electron chi connectivity index (χ4n) is 3.42. The molecule has 0 fully saturated rings. The predicted molar refractivity (Wildman–Crippen MR) is 111 cm³/mol. The van der Waals surface area contributed by atoms with Crippen molar-refractivity contribution in [3.05, 3.63) is 64.2 Å². The van der Waals surface area contributed by atoms with E-state index in [0.717, 1.165) is 24.4 Å². The second-order valence-corrected chi connectivity index (χ2v) is 7.36. The molecule has 0 saturated heterocycles. The molecular formula is C22H29ClN2O2. The highest BCUT2D eigenvalue weighted by molar-refractivity contribution is 5.85. The van der Waals surface area contributed by atoms with E-state index in [2.05, 4.69) is 55.7 Å². The number of benzene rings is 2. The first kappa shape index (κ1) is 21.3. The number of hydrogen-bond donors (Lipinski definition) is 2. The van der Waals surface area contributed by atoms with Crippen LogP contribution in [-0.4, -0.2) is 12.0 Å².